The van der Waals surface area contributed by atoms with Gasteiger partial charge in [-0.3, -0.25) is 4.79 Å². The molecule has 0 spiro atoms. The van der Waals surface area contributed by atoms with E-state index in [4.69, 9.17) is 10.8 Å². The fourth-order valence-electron chi connectivity index (χ4n) is 2.00. The summed E-state index contributed by atoms with van der Waals surface area (Å²) in [4.78, 5) is 14.1. The van der Waals surface area contributed by atoms with Crippen molar-refractivity contribution in [3.63, 3.8) is 0 Å². The lowest BCUT2D eigenvalue weighted by molar-refractivity contribution is -0.134. The van der Waals surface area contributed by atoms with E-state index in [0.717, 1.165) is 5.56 Å². The molecule has 1 aromatic rings. The van der Waals surface area contributed by atoms with E-state index in [1.807, 2.05) is 44.2 Å². The summed E-state index contributed by atoms with van der Waals surface area (Å²) in [6.07, 6.45) is 0. The molecule has 0 fully saturated rings. The van der Waals surface area contributed by atoms with E-state index in [0.29, 0.717) is 6.54 Å². The first-order valence-electron chi connectivity index (χ1n) is 6.28. The summed E-state index contributed by atoms with van der Waals surface area (Å²) in [5.41, 5.74) is 6.65. The SMILES string of the molecule is CC(C)N(CCO)C(=O)C(CN)c1ccccc1. The predicted molar refractivity (Wildman–Crippen MR) is 72.2 cm³/mol. The quantitative estimate of drug-likeness (QED) is 0.790. The molecule has 3 N–H and O–H groups in total. The number of benzene rings is 1. The fraction of sp³-hybridized carbons (Fsp3) is 0.500. The number of hydrogen-bond donors (Lipinski definition) is 2. The van der Waals surface area contributed by atoms with Crippen LogP contribution in [0, 0.1) is 0 Å². The largest absolute Gasteiger partial charge is 0.395 e. The zero-order chi connectivity index (χ0) is 13.5. The molecule has 0 saturated heterocycles. The Bertz CT molecular complexity index is 365. The maximum atomic E-state index is 12.4. The molecule has 0 heterocycles. The van der Waals surface area contributed by atoms with Gasteiger partial charge >= 0.3 is 0 Å². The van der Waals surface area contributed by atoms with Crippen LogP contribution in [0.3, 0.4) is 0 Å². The molecule has 1 aromatic carbocycles. The van der Waals surface area contributed by atoms with Gasteiger partial charge in [0, 0.05) is 19.1 Å². The topological polar surface area (TPSA) is 66.6 Å². The Balaban J connectivity index is 2.90. The lowest BCUT2D eigenvalue weighted by atomic mass is 9.97. The van der Waals surface area contributed by atoms with Gasteiger partial charge in [-0.05, 0) is 19.4 Å². The number of hydrogen-bond acceptors (Lipinski definition) is 3. The highest BCUT2D eigenvalue weighted by molar-refractivity contribution is 5.84. The van der Waals surface area contributed by atoms with Crippen molar-refractivity contribution in [3.05, 3.63) is 35.9 Å². The van der Waals surface area contributed by atoms with Gasteiger partial charge in [-0.15, -0.1) is 0 Å². The van der Waals surface area contributed by atoms with E-state index < -0.39 is 0 Å². The number of nitrogens with zero attached hydrogens (tertiary/aromatic N) is 1. The number of rotatable bonds is 6. The molecule has 4 nitrogen and oxygen atoms in total. The lowest BCUT2D eigenvalue weighted by Crippen LogP contribution is -2.43. The summed E-state index contributed by atoms with van der Waals surface area (Å²) >= 11 is 0. The van der Waals surface area contributed by atoms with E-state index in [1.165, 1.54) is 0 Å². The number of nitrogens with two attached hydrogens (primary N) is 1. The Labute approximate surface area is 108 Å². The molecular formula is C14H22N2O2. The highest BCUT2D eigenvalue weighted by atomic mass is 16.3. The molecule has 100 valence electrons. The van der Waals surface area contributed by atoms with Crippen LogP contribution in [0.5, 0.6) is 0 Å². The second kappa shape index (κ2) is 7.13. The van der Waals surface area contributed by atoms with Gasteiger partial charge in [0.1, 0.15) is 0 Å². The van der Waals surface area contributed by atoms with Gasteiger partial charge in [-0.1, -0.05) is 30.3 Å². The molecule has 0 radical (unpaired) electrons. The van der Waals surface area contributed by atoms with Crippen molar-refractivity contribution in [1.29, 1.82) is 0 Å². The molecule has 1 unspecified atom stereocenters. The lowest BCUT2D eigenvalue weighted by Gasteiger charge is -2.29. The van der Waals surface area contributed by atoms with E-state index in [9.17, 15) is 4.79 Å². The minimum Gasteiger partial charge on any atom is -0.395 e. The van der Waals surface area contributed by atoms with Crippen LogP contribution in [-0.2, 0) is 4.79 Å². The molecule has 0 aliphatic rings. The third-order valence-corrected chi connectivity index (χ3v) is 2.98. The molecule has 1 atom stereocenters. The van der Waals surface area contributed by atoms with Crippen molar-refractivity contribution >= 4 is 5.91 Å². The van der Waals surface area contributed by atoms with Gasteiger partial charge in [0.05, 0.1) is 12.5 Å². The average molecular weight is 250 g/mol. The third kappa shape index (κ3) is 3.55. The first-order valence-corrected chi connectivity index (χ1v) is 6.28. The normalized spacial score (nSPS) is 12.5. The molecule has 4 heteroatoms. The maximum absolute atomic E-state index is 12.4. The summed E-state index contributed by atoms with van der Waals surface area (Å²) in [6.45, 7) is 4.46. The second-order valence-corrected chi connectivity index (χ2v) is 4.55. The molecule has 0 aliphatic heterocycles. The van der Waals surface area contributed by atoms with Gasteiger partial charge < -0.3 is 15.7 Å². The first-order chi connectivity index (χ1) is 8.61. The Morgan fingerprint density at radius 3 is 2.39 bits per heavy atom. The van der Waals surface area contributed by atoms with Crippen molar-refractivity contribution in [2.24, 2.45) is 5.73 Å². The van der Waals surface area contributed by atoms with E-state index >= 15 is 0 Å². The molecule has 0 saturated carbocycles. The number of amides is 1. The van der Waals surface area contributed by atoms with Gasteiger partial charge in [-0.25, -0.2) is 0 Å². The number of carbonyl (C=O) groups excluding carboxylic acids is 1. The first kappa shape index (κ1) is 14.7. The molecule has 1 amide bonds. The molecule has 0 bridgehead atoms. The van der Waals surface area contributed by atoms with Crippen molar-refractivity contribution in [3.8, 4) is 0 Å². The molecular weight excluding hydrogens is 228 g/mol. The van der Waals surface area contributed by atoms with Crippen molar-refractivity contribution in [2.45, 2.75) is 25.8 Å². The van der Waals surface area contributed by atoms with Crippen LogP contribution < -0.4 is 5.73 Å². The highest BCUT2D eigenvalue weighted by Gasteiger charge is 2.25. The summed E-state index contributed by atoms with van der Waals surface area (Å²) < 4.78 is 0. The fourth-order valence-corrected chi connectivity index (χ4v) is 2.00. The van der Waals surface area contributed by atoms with Gasteiger partial charge in [0.2, 0.25) is 5.91 Å². The van der Waals surface area contributed by atoms with Crippen LogP contribution >= 0.6 is 0 Å². The predicted octanol–water partition coefficient (Wildman–Crippen LogP) is 0.958. The highest BCUT2D eigenvalue weighted by Crippen LogP contribution is 2.18. The van der Waals surface area contributed by atoms with Crippen LogP contribution in [0.1, 0.15) is 25.3 Å². The van der Waals surface area contributed by atoms with Crippen LogP contribution in [0.15, 0.2) is 30.3 Å². The van der Waals surface area contributed by atoms with Crippen LogP contribution in [0.2, 0.25) is 0 Å². The number of aliphatic hydroxyl groups excluding tert-OH is 1. The number of carbonyl (C=O) groups is 1. The van der Waals surface area contributed by atoms with E-state index in [2.05, 4.69) is 0 Å². The third-order valence-electron chi connectivity index (χ3n) is 2.98. The van der Waals surface area contributed by atoms with Gasteiger partial charge in [0.15, 0.2) is 0 Å². The Morgan fingerprint density at radius 1 is 1.33 bits per heavy atom. The monoisotopic (exact) mass is 250 g/mol. The standard InChI is InChI=1S/C14H22N2O2/c1-11(2)16(8-9-17)14(18)13(10-15)12-6-4-3-5-7-12/h3-7,11,13,17H,8-10,15H2,1-2H3. The molecule has 1 rings (SSSR count). The van der Waals surface area contributed by atoms with E-state index in [1.54, 1.807) is 4.90 Å². The summed E-state index contributed by atoms with van der Waals surface area (Å²) in [5, 5.41) is 9.03. The molecule has 0 aliphatic carbocycles. The molecule has 0 aromatic heterocycles. The Kier molecular flexibility index (Phi) is 5.82. The van der Waals surface area contributed by atoms with Gasteiger partial charge in [-0.2, -0.15) is 0 Å². The minimum absolute atomic E-state index is 0.0206. The van der Waals surface area contributed by atoms with Crippen molar-refractivity contribution in [2.75, 3.05) is 19.7 Å². The van der Waals surface area contributed by atoms with Crippen molar-refractivity contribution in [1.82, 2.24) is 4.90 Å². The average Bonchev–Trinajstić information content (AvgIpc) is 2.37. The Morgan fingerprint density at radius 2 is 1.94 bits per heavy atom. The molecule has 18 heavy (non-hydrogen) atoms. The second-order valence-electron chi connectivity index (χ2n) is 4.55. The van der Waals surface area contributed by atoms with Crippen molar-refractivity contribution < 1.29 is 9.90 Å². The summed E-state index contributed by atoms with van der Waals surface area (Å²) in [5.74, 6) is -0.354. The van der Waals surface area contributed by atoms with Gasteiger partial charge in [0.25, 0.3) is 0 Å². The number of aliphatic hydroxyl groups is 1. The Hall–Kier alpha value is -1.39. The van der Waals surface area contributed by atoms with Crippen LogP contribution in [0.25, 0.3) is 0 Å². The summed E-state index contributed by atoms with van der Waals surface area (Å²) in [6, 6.07) is 9.59. The zero-order valence-corrected chi connectivity index (χ0v) is 11.0. The summed E-state index contributed by atoms with van der Waals surface area (Å²) in [7, 11) is 0. The zero-order valence-electron chi connectivity index (χ0n) is 11.0. The minimum atomic E-state index is -0.333. The van der Waals surface area contributed by atoms with Crippen LogP contribution in [-0.4, -0.2) is 41.7 Å². The van der Waals surface area contributed by atoms with E-state index in [-0.39, 0.29) is 31.0 Å². The van der Waals surface area contributed by atoms with Crippen LogP contribution in [0.4, 0.5) is 0 Å². The smallest absolute Gasteiger partial charge is 0.231 e. The maximum Gasteiger partial charge on any atom is 0.231 e.